The molecule has 1 fully saturated rings. The lowest BCUT2D eigenvalue weighted by Gasteiger charge is -2.26. The summed E-state index contributed by atoms with van der Waals surface area (Å²) in [7, 11) is 1.59. The number of hydrogen-bond donors (Lipinski definition) is 2. The molecule has 2 amide bonds. The van der Waals surface area contributed by atoms with Crippen molar-refractivity contribution in [2.24, 2.45) is 0 Å². The van der Waals surface area contributed by atoms with Gasteiger partial charge in [0.05, 0.1) is 30.5 Å². The highest BCUT2D eigenvalue weighted by Gasteiger charge is 2.24. The number of nitrogens with one attached hydrogen (secondary N) is 2. The summed E-state index contributed by atoms with van der Waals surface area (Å²) < 4.78 is 11.0. The molecule has 1 aliphatic rings. The Morgan fingerprint density at radius 2 is 2.13 bits per heavy atom. The van der Waals surface area contributed by atoms with Crippen LogP contribution in [0.3, 0.4) is 0 Å². The number of aromatic amines is 1. The summed E-state index contributed by atoms with van der Waals surface area (Å²) in [4.78, 5) is 30.3. The fourth-order valence-electron chi connectivity index (χ4n) is 3.69. The van der Waals surface area contributed by atoms with Crippen LogP contribution in [0, 0.1) is 0 Å². The van der Waals surface area contributed by atoms with Crippen molar-refractivity contribution < 1.29 is 14.3 Å². The molecule has 0 aliphatic carbocycles. The Hall–Kier alpha value is -3.03. The first kappa shape index (κ1) is 21.2. The van der Waals surface area contributed by atoms with Crippen LogP contribution in [0.4, 0.5) is 10.5 Å². The third-order valence-corrected chi connectivity index (χ3v) is 5.67. The molecular formula is C23H24ClN3O4. The lowest BCUT2D eigenvalue weighted by atomic mass is 10.1. The van der Waals surface area contributed by atoms with Crippen molar-refractivity contribution in [2.75, 3.05) is 25.6 Å². The number of rotatable bonds is 6. The van der Waals surface area contributed by atoms with Crippen molar-refractivity contribution in [1.29, 1.82) is 0 Å². The van der Waals surface area contributed by atoms with E-state index in [0.717, 1.165) is 18.2 Å². The standard InChI is InChI=1S/C23H24ClN3O4/c1-30-17-8-9-20-15(12-17)11-16(22(28)25-20)13-27(14-18-5-4-10-31-18)23(29)26-21-7-3-2-6-19(21)24/h2-3,6-9,11-12,18H,4-5,10,13-14H2,1H3,(H,25,28)(H,26,29). The van der Waals surface area contributed by atoms with Gasteiger partial charge in [-0.25, -0.2) is 4.79 Å². The molecule has 0 saturated carbocycles. The van der Waals surface area contributed by atoms with E-state index in [-0.39, 0.29) is 24.2 Å². The first-order valence-electron chi connectivity index (χ1n) is 10.2. The Labute approximate surface area is 184 Å². The third kappa shape index (κ3) is 5.00. The van der Waals surface area contributed by atoms with Crippen molar-refractivity contribution in [3.05, 3.63) is 69.5 Å². The number of pyridine rings is 1. The number of nitrogens with zero attached hydrogens (tertiary/aromatic N) is 1. The van der Waals surface area contributed by atoms with Gasteiger partial charge in [0.25, 0.3) is 5.56 Å². The van der Waals surface area contributed by atoms with Crippen molar-refractivity contribution in [2.45, 2.75) is 25.5 Å². The molecule has 0 radical (unpaired) electrons. The normalized spacial score (nSPS) is 15.7. The number of aromatic nitrogens is 1. The van der Waals surface area contributed by atoms with Gasteiger partial charge in [0, 0.05) is 29.6 Å². The minimum atomic E-state index is -0.339. The van der Waals surface area contributed by atoms with Crippen molar-refractivity contribution in [3.63, 3.8) is 0 Å². The second-order valence-corrected chi connectivity index (χ2v) is 7.91. The lowest BCUT2D eigenvalue weighted by molar-refractivity contribution is 0.0818. The van der Waals surface area contributed by atoms with E-state index in [1.165, 1.54) is 0 Å². The average molecular weight is 442 g/mol. The fraction of sp³-hybridized carbons (Fsp3) is 0.304. The Morgan fingerprint density at radius 1 is 1.29 bits per heavy atom. The number of urea groups is 1. The molecule has 1 aliphatic heterocycles. The topological polar surface area (TPSA) is 83.7 Å². The van der Waals surface area contributed by atoms with E-state index >= 15 is 0 Å². The van der Waals surface area contributed by atoms with Crippen LogP contribution in [0.25, 0.3) is 10.9 Å². The third-order valence-electron chi connectivity index (χ3n) is 5.34. The zero-order valence-corrected chi connectivity index (χ0v) is 17.9. The Kier molecular flexibility index (Phi) is 6.44. The number of fused-ring (bicyclic) bond motifs is 1. The SMILES string of the molecule is COc1ccc2[nH]c(=O)c(CN(CC3CCCO3)C(=O)Nc3ccccc3Cl)cc2c1. The highest BCUT2D eigenvalue weighted by atomic mass is 35.5. The summed E-state index contributed by atoms with van der Waals surface area (Å²) in [5.74, 6) is 0.693. The maximum atomic E-state index is 13.1. The van der Waals surface area contributed by atoms with E-state index < -0.39 is 0 Å². The predicted octanol–water partition coefficient (Wildman–Crippen LogP) is 4.40. The number of carbonyl (C=O) groups is 1. The van der Waals surface area contributed by atoms with E-state index in [2.05, 4.69) is 10.3 Å². The minimum Gasteiger partial charge on any atom is -0.497 e. The smallest absolute Gasteiger partial charge is 0.322 e. The summed E-state index contributed by atoms with van der Waals surface area (Å²) in [5, 5.41) is 4.13. The van der Waals surface area contributed by atoms with Crippen LogP contribution < -0.4 is 15.6 Å². The number of carbonyl (C=O) groups excluding carboxylic acids is 1. The molecule has 7 nitrogen and oxygen atoms in total. The quantitative estimate of drug-likeness (QED) is 0.593. The predicted molar refractivity (Wildman–Crippen MR) is 121 cm³/mol. The molecule has 2 N–H and O–H groups in total. The van der Waals surface area contributed by atoms with Gasteiger partial charge < -0.3 is 24.7 Å². The molecule has 2 aromatic carbocycles. The highest BCUT2D eigenvalue weighted by Crippen LogP contribution is 2.23. The number of para-hydroxylation sites is 1. The molecule has 1 atom stereocenters. The molecule has 1 unspecified atom stereocenters. The number of anilines is 1. The Bertz CT molecular complexity index is 1140. The summed E-state index contributed by atoms with van der Waals surface area (Å²) in [6.07, 6.45) is 1.78. The van der Waals surface area contributed by atoms with Crippen LogP contribution >= 0.6 is 11.6 Å². The molecule has 1 saturated heterocycles. The average Bonchev–Trinajstić information content (AvgIpc) is 3.28. The molecule has 4 rings (SSSR count). The first-order chi connectivity index (χ1) is 15.0. The van der Waals surface area contributed by atoms with Gasteiger partial charge in [-0.2, -0.15) is 0 Å². The van der Waals surface area contributed by atoms with Gasteiger partial charge in [-0.15, -0.1) is 0 Å². The summed E-state index contributed by atoms with van der Waals surface area (Å²) in [6.45, 7) is 1.20. The molecule has 0 spiro atoms. The zero-order chi connectivity index (χ0) is 21.8. The molecule has 8 heteroatoms. The monoisotopic (exact) mass is 441 g/mol. The van der Waals surface area contributed by atoms with E-state index in [4.69, 9.17) is 21.1 Å². The number of amides is 2. The van der Waals surface area contributed by atoms with Crippen molar-refractivity contribution in [3.8, 4) is 5.75 Å². The zero-order valence-electron chi connectivity index (χ0n) is 17.2. The number of methoxy groups -OCH3 is 1. The van der Waals surface area contributed by atoms with Crippen LogP contribution in [-0.4, -0.2) is 42.3 Å². The summed E-state index contributed by atoms with van der Waals surface area (Å²) >= 11 is 6.20. The summed E-state index contributed by atoms with van der Waals surface area (Å²) in [5.41, 5.74) is 1.47. The van der Waals surface area contributed by atoms with Crippen LogP contribution in [0.1, 0.15) is 18.4 Å². The first-order valence-corrected chi connectivity index (χ1v) is 10.5. The van der Waals surface area contributed by atoms with Gasteiger partial charge >= 0.3 is 6.03 Å². The van der Waals surface area contributed by atoms with Gasteiger partial charge in [0.2, 0.25) is 0 Å². The Morgan fingerprint density at radius 3 is 2.87 bits per heavy atom. The number of H-pyrrole nitrogens is 1. The van der Waals surface area contributed by atoms with E-state index in [0.29, 0.717) is 40.7 Å². The Balaban J connectivity index is 1.62. The number of benzene rings is 2. The number of ether oxygens (including phenoxy) is 2. The minimum absolute atomic E-state index is 0.0587. The van der Waals surface area contributed by atoms with Gasteiger partial charge in [0.15, 0.2) is 0 Å². The van der Waals surface area contributed by atoms with E-state index in [9.17, 15) is 9.59 Å². The molecule has 3 aromatic rings. The molecule has 162 valence electrons. The van der Waals surface area contributed by atoms with Crippen LogP contribution in [0.5, 0.6) is 5.75 Å². The van der Waals surface area contributed by atoms with Crippen LogP contribution in [-0.2, 0) is 11.3 Å². The van der Waals surface area contributed by atoms with Crippen molar-refractivity contribution in [1.82, 2.24) is 9.88 Å². The number of hydrogen-bond acceptors (Lipinski definition) is 4. The largest absolute Gasteiger partial charge is 0.497 e. The second-order valence-electron chi connectivity index (χ2n) is 7.50. The highest BCUT2D eigenvalue weighted by molar-refractivity contribution is 6.33. The van der Waals surface area contributed by atoms with Gasteiger partial charge in [0.1, 0.15) is 5.75 Å². The van der Waals surface area contributed by atoms with Gasteiger partial charge in [-0.1, -0.05) is 23.7 Å². The van der Waals surface area contributed by atoms with Crippen molar-refractivity contribution >= 4 is 34.2 Å². The van der Waals surface area contributed by atoms with E-state index in [1.54, 1.807) is 54.5 Å². The maximum Gasteiger partial charge on any atom is 0.322 e. The maximum absolute atomic E-state index is 13.1. The lowest BCUT2D eigenvalue weighted by Crippen LogP contribution is -2.40. The van der Waals surface area contributed by atoms with Gasteiger partial charge in [-0.3, -0.25) is 4.79 Å². The summed E-state index contributed by atoms with van der Waals surface area (Å²) in [6, 6.07) is 13.9. The fourth-order valence-corrected chi connectivity index (χ4v) is 3.87. The van der Waals surface area contributed by atoms with Crippen LogP contribution in [0.2, 0.25) is 5.02 Å². The number of halogens is 1. The van der Waals surface area contributed by atoms with Crippen LogP contribution in [0.15, 0.2) is 53.3 Å². The van der Waals surface area contributed by atoms with E-state index in [1.807, 2.05) is 6.07 Å². The molecule has 31 heavy (non-hydrogen) atoms. The van der Waals surface area contributed by atoms with Gasteiger partial charge in [-0.05, 0) is 49.2 Å². The molecule has 2 heterocycles. The molecule has 0 bridgehead atoms. The second kappa shape index (κ2) is 9.41. The molecule has 1 aromatic heterocycles. The molecular weight excluding hydrogens is 418 g/mol.